The molecule has 37 heavy (non-hydrogen) atoms. The fourth-order valence-electron chi connectivity index (χ4n) is 4.20. The van der Waals surface area contributed by atoms with Gasteiger partial charge < -0.3 is 15.5 Å². The van der Waals surface area contributed by atoms with Crippen LogP contribution in [0.1, 0.15) is 80.2 Å². The van der Waals surface area contributed by atoms with E-state index in [0.717, 1.165) is 24.8 Å². The molecule has 2 atom stereocenters. The van der Waals surface area contributed by atoms with E-state index in [4.69, 9.17) is 0 Å². The molecule has 0 fully saturated rings. The Hall–Kier alpha value is -3.15. The van der Waals surface area contributed by atoms with Crippen LogP contribution in [0.5, 0.6) is 0 Å². The van der Waals surface area contributed by atoms with Gasteiger partial charge >= 0.3 is 0 Å². The lowest BCUT2D eigenvalue weighted by molar-refractivity contribution is -0.123. The van der Waals surface area contributed by atoms with E-state index in [9.17, 15) is 14.4 Å². The van der Waals surface area contributed by atoms with E-state index in [2.05, 4.69) is 38.3 Å². The number of hydrogen-bond donors (Lipinski definition) is 2. The molecule has 0 bridgehead atoms. The van der Waals surface area contributed by atoms with Gasteiger partial charge in [0.1, 0.15) is 0 Å². The summed E-state index contributed by atoms with van der Waals surface area (Å²) in [4.78, 5) is 40.8. The normalized spacial score (nSPS) is 12.6. The summed E-state index contributed by atoms with van der Waals surface area (Å²) in [5.41, 5.74) is 2.01. The van der Waals surface area contributed by atoms with Crippen molar-refractivity contribution >= 4 is 17.7 Å². The summed E-state index contributed by atoms with van der Waals surface area (Å²) >= 11 is 0. The molecule has 6 heteroatoms. The zero-order valence-electron chi connectivity index (χ0n) is 23.1. The first-order valence-corrected chi connectivity index (χ1v) is 13.6. The molecular formula is C31H44N3O3. The minimum Gasteiger partial charge on any atom is -0.356 e. The van der Waals surface area contributed by atoms with Crippen LogP contribution in [0.25, 0.3) is 0 Å². The molecule has 2 aromatic carbocycles. The van der Waals surface area contributed by atoms with Gasteiger partial charge in [0.2, 0.25) is 5.91 Å². The van der Waals surface area contributed by atoms with Crippen molar-refractivity contribution in [2.24, 2.45) is 11.8 Å². The molecule has 0 aromatic heterocycles. The lowest BCUT2D eigenvalue weighted by Crippen LogP contribution is -2.41. The zero-order valence-corrected chi connectivity index (χ0v) is 23.1. The van der Waals surface area contributed by atoms with Crippen LogP contribution in [0, 0.1) is 18.3 Å². The molecule has 1 radical (unpaired) electrons. The molecule has 2 rings (SSSR count). The average Bonchev–Trinajstić information content (AvgIpc) is 2.88. The summed E-state index contributed by atoms with van der Waals surface area (Å²) < 4.78 is 0. The van der Waals surface area contributed by atoms with Crippen LogP contribution in [0.15, 0.2) is 54.6 Å². The van der Waals surface area contributed by atoms with Crippen LogP contribution >= 0.6 is 0 Å². The minimum atomic E-state index is -0.370. The molecule has 201 valence electrons. The SMILES string of the molecule is CCCN(CCC)C(=O)c1cccc(C(=O)N[C@H]([CH]C(C)C(=O)NCCC(C)C)Cc2ccccc2)c1. The smallest absolute Gasteiger partial charge is 0.253 e. The number of nitrogens with one attached hydrogen (secondary N) is 2. The third-order valence-corrected chi connectivity index (χ3v) is 6.22. The molecule has 6 nitrogen and oxygen atoms in total. The number of benzene rings is 2. The standard InChI is InChI=1S/C31H44N3O3/c1-6-18-34(19-7-2)31(37)27-15-11-14-26(22-27)30(36)33-28(21-25-12-9-8-10-13-25)20-24(5)29(35)32-17-16-23(3)4/h8-15,20,22-24,28H,6-7,16-19,21H2,1-5H3,(H,32,35)(H,33,36)/t24?,28-/m1/s1. The van der Waals surface area contributed by atoms with E-state index in [1.54, 1.807) is 24.3 Å². The van der Waals surface area contributed by atoms with Crippen molar-refractivity contribution in [1.29, 1.82) is 0 Å². The van der Waals surface area contributed by atoms with Crippen LogP contribution in [0.4, 0.5) is 0 Å². The van der Waals surface area contributed by atoms with Gasteiger partial charge in [-0.3, -0.25) is 14.4 Å². The largest absolute Gasteiger partial charge is 0.356 e. The number of carbonyl (C=O) groups is 3. The third kappa shape index (κ3) is 10.4. The van der Waals surface area contributed by atoms with Crippen LogP contribution in [0.2, 0.25) is 0 Å². The molecule has 0 spiro atoms. The minimum absolute atomic E-state index is 0.0486. The maximum atomic E-state index is 13.3. The van der Waals surface area contributed by atoms with Crippen molar-refractivity contribution in [2.45, 2.75) is 66.3 Å². The van der Waals surface area contributed by atoms with Gasteiger partial charge in [-0.25, -0.2) is 0 Å². The van der Waals surface area contributed by atoms with Gasteiger partial charge in [-0.15, -0.1) is 0 Å². The molecular weight excluding hydrogens is 462 g/mol. The van der Waals surface area contributed by atoms with Crippen LogP contribution in [-0.2, 0) is 11.2 Å². The molecule has 0 heterocycles. The highest BCUT2D eigenvalue weighted by Crippen LogP contribution is 2.14. The summed E-state index contributed by atoms with van der Waals surface area (Å²) in [5.74, 6) is -0.226. The van der Waals surface area contributed by atoms with Gasteiger partial charge in [-0.1, -0.05) is 71.0 Å². The molecule has 0 aliphatic heterocycles. The van der Waals surface area contributed by atoms with Gasteiger partial charge in [0.15, 0.2) is 0 Å². The maximum Gasteiger partial charge on any atom is 0.253 e. The highest BCUT2D eigenvalue weighted by Gasteiger charge is 2.23. The Kier molecular flexibility index (Phi) is 12.9. The second-order valence-electron chi connectivity index (χ2n) is 10.1. The second kappa shape index (κ2) is 15.9. The summed E-state index contributed by atoms with van der Waals surface area (Å²) in [6.07, 6.45) is 5.15. The van der Waals surface area contributed by atoms with Gasteiger partial charge in [0.25, 0.3) is 11.8 Å². The Balaban J connectivity index is 2.15. The summed E-state index contributed by atoms with van der Waals surface area (Å²) in [6.45, 7) is 12.2. The molecule has 0 aliphatic rings. The Morgan fingerprint density at radius 1 is 0.892 bits per heavy atom. The van der Waals surface area contributed by atoms with E-state index >= 15 is 0 Å². The van der Waals surface area contributed by atoms with Gasteiger partial charge in [-0.05, 0) is 61.8 Å². The number of hydrogen-bond acceptors (Lipinski definition) is 3. The second-order valence-corrected chi connectivity index (χ2v) is 10.1. The quantitative estimate of drug-likeness (QED) is 0.344. The molecule has 3 amide bonds. The van der Waals surface area contributed by atoms with E-state index in [0.29, 0.717) is 43.1 Å². The monoisotopic (exact) mass is 506 g/mol. The molecule has 0 saturated heterocycles. The van der Waals surface area contributed by atoms with Crippen molar-refractivity contribution in [3.63, 3.8) is 0 Å². The number of nitrogens with zero attached hydrogens (tertiary/aromatic N) is 1. The Bertz CT molecular complexity index is 984. The van der Waals surface area contributed by atoms with Gasteiger partial charge in [0, 0.05) is 42.7 Å². The van der Waals surface area contributed by atoms with Gasteiger partial charge in [0.05, 0.1) is 0 Å². The van der Waals surface area contributed by atoms with Crippen LogP contribution in [-0.4, -0.2) is 48.3 Å². The van der Waals surface area contributed by atoms with Gasteiger partial charge in [-0.2, -0.15) is 0 Å². The lowest BCUT2D eigenvalue weighted by Gasteiger charge is -2.23. The summed E-state index contributed by atoms with van der Waals surface area (Å²) in [7, 11) is 0. The fourth-order valence-corrected chi connectivity index (χ4v) is 4.20. The first kappa shape index (κ1) is 30.1. The van der Waals surface area contributed by atoms with E-state index < -0.39 is 0 Å². The highest BCUT2D eigenvalue weighted by molar-refractivity contribution is 5.99. The fraction of sp³-hybridized carbons (Fsp3) is 0.484. The number of carbonyl (C=O) groups excluding carboxylic acids is 3. The lowest BCUT2D eigenvalue weighted by atomic mass is 9.95. The Morgan fingerprint density at radius 3 is 2.16 bits per heavy atom. The third-order valence-electron chi connectivity index (χ3n) is 6.22. The molecule has 2 N–H and O–H groups in total. The highest BCUT2D eigenvalue weighted by atomic mass is 16.2. The summed E-state index contributed by atoms with van der Waals surface area (Å²) in [5, 5.41) is 6.08. The summed E-state index contributed by atoms with van der Waals surface area (Å²) in [6, 6.07) is 16.4. The van der Waals surface area contributed by atoms with Crippen molar-refractivity contribution in [1.82, 2.24) is 15.5 Å². The number of amides is 3. The topological polar surface area (TPSA) is 78.5 Å². The van der Waals surface area contributed by atoms with Crippen LogP contribution < -0.4 is 10.6 Å². The maximum absolute atomic E-state index is 13.3. The van der Waals surface area contributed by atoms with E-state index in [-0.39, 0.29) is 29.7 Å². The molecule has 0 aliphatic carbocycles. The van der Waals surface area contributed by atoms with Crippen molar-refractivity contribution in [3.05, 3.63) is 77.7 Å². The first-order chi connectivity index (χ1) is 17.7. The molecule has 2 aromatic rings. The predicted molar refractivity (Wildman–Crippen MR) is 150 cm³/mol. The van der Waals surface area contributed by atoms with E-state index in [1.807, 2.05) is 48.6 Å². The first-order valence-electron chi connectivity index (χ1n) is 13.6. The number of rotatable bonds is 15. The zero-order chi connectivity index (χ0) is 27.2. The van der Waals surface area contributed by atoms with Crippen molar-refractivity contribution in [3.8, 4) is 0 Å². The molecule has 1 unspecified atom stereocenters. The Morgan fingerprint density at radius 2 is 1.54 bits per heavy atom. The average molecular weight is 507 g/mol. The van der Waals surface area contributed by atoms with Crippen molar-refractivity contribution < 1.29 is 14.4 Å². The van der Waals surface area contributed by atoms with E-state index in [1.165, 1.54) is 0 Å². The Labute approximate surface area is 223 Å². The van der Waals surface area contributed by atoms with Crippen molar-refractivity contribution in [2.75, 3.05) is 19.6 Å². The molecule has 0 saturated carbocycles. The van der Waals surface area contributed by atoms with Crippen LogP contribution in [0.3, 0.4) is 0 Å². The predicted octanol–water partition coefficient (Wildman–Crippen LogP) is 5.29.